The standard InChI is InChI=1S/C32H36ClN7O3/c1-5-29(41)40-15-14-39(17-22(40)16-34-2)31-23-12-13-38(26-11-7-9-21-8-6-10-24(33)30(21)26)18-25(23)35-32(36-31)43-28-20-42-19-27(28)37(3)4/h5-11,22,27-28H,1,12-20H2,3-4H3/t22-,27-,28+/m0/s1. The molecule has 224 valence electrons. The zero-order valence-electron chi connectivity index (χ0n) is 24.6. The van der Waals surface area contributed by atoms with E-state index in [-0.39, 0.29) is 30.6 Å². The molecule has 3 atom stereocenters. The van der Waals surface area contributed by atoms with Crippen molar-refractivity contribution in [3.63, 3.8) is 0 Å². The molecule has 0 saturated carbocycles. The molecule has 0 N–H and O–H groups in total. The second-order valence-electron chi connectivity index (χ2n) is 11.4. The fourth-order valence-electron chi connectivity index (χ4n) is 6.42. The molecular formula is C32H36ClN7O3. The largest absolute Gasteiger partial charge is 0.456 e. The van der Waals surface area contributed by atoms with Crippen LogP contribution in [0.2, 0.25) is 5.02 Å². The number of aromatic nitrogens is 2. The smallest absolute Gasteiger partial charge is 0.319 e. The Morgan fingerprint density at radius 1 is 1.19 bits per heavy atom. The number of hydrogen-bond acceptors (Lipinski definition) is 8. The summed E-state index contributed by atoms with van der Waals surface area (Å²) in [6, 6.07) is 12.4. The molecule has 0 radical (unpaired) electrons. The minimum atomic E-state index is -0.258. The van der Waals surface area contributed by atoms with E-state index in [1.54, 1.807) is 4.90 Å². The lowest BCUT2D eigenvalue weighted by atomic mass is 10.0. The monoisotopic (exact) mass is 601 g/mol. The number of ether oxygens (including phenoxy) is 2. The minimum absolute atomic E-state index is 0.0916. The number of amides is 1. The summed E-state index contributed by atoms with van der Waals surface area (Å²) in [6.45, 7) is 15.3. The van der Waals surface area contributed by atoms with Crippen LogP contribution in [-0.2, 0) is 22.5 Å². The molecule has 0 bridgehead atoms. The normalized spacial score (nSPS) is 22.0. The average molecular weight is 602 g/mol. The number of benzene rings is 2. The van der Waals surface area contributed by atoms with E-state index in [0.717, 1.165) is 51.5 Å². The highest BCUT2D eigenvalue weighted by atomic mass is 35.5. The number of fused-ring (bicyclic) bond motifs is 2. The molecule has 11 heteroatoms. The van der Waals surface area contributed by atoms with Gasteiger partial charge in [0.1, 0.15) is 18.0 Å². The summed E-state index contributed by atoms with van der Waals surface area (Å²) in [5.41, 5.74) is 3.05. The molecule has 1 amide bonds. The fourth-order valence-corrected chi connectivity index (χ4v) is 6.70. The van der Waals surface area contributed by atoms with Crippen LogP contribution < -0.4 is 14.5 Å². The highest BCUT2D eigenvalue weighted by molar-refractivity contribution is 6.36. The fraction of sp³-hybridized carbons (Fsp3) is 0.438. The Labute approximate surface area is 257 Å². The van der Waals surface area contributed by atoms with Crippen molar-refractivity contribution in [3.05, 3.63) is 76.8 Å². The van der Waals surface area contributed by atoms with Crippen molar-refractivity contribution < 1.29 is 14.3 Å². The van der Waals surface area contributed by atoms with Crippen LogP contribution in [0, 0.1) is 6.57 Å². The van der Waals surface area contributed by atoms with Crippen molar-refractivity contribution >= 4 is 39.8 Å². The van der Waals surface area contributed by atoms with E-state index in [2.05, 4.69) is 50.4 Å². The molecule has 10 nitrogen and oxygen atoms in total. The maximum absolute atomic E-state index is 12.6. The van der Waals surface area contributed by atoms with E-state index >= 15 is 0 Å². The molecule has 1 aromatic heterocycles. The van der Waals surface area contributed by atoms with Gasteiger partial charge in [-0.15, -0.1) is 0 Å². The highest BCUT2D eigenvalue weighted by Crippen LogP contribution is 2.37. The first-order chi connectivity index (χ1) is 20.9. The number of anilines is 2. The van der Waals surface area contributed by atoms with Crippen LogP contribution in [0.1, 0.15) is 11.3 Å². The quantitative estimate of drug-likeness (QED) is 0.300. The lowest BCUT2D eigenvalue weighted by Gasteiger charge is -2.41. The Balaban J connectivity index is 1.37. The van der Waals surface area contributed by atoms with Crippen molar-refractivity contribution in [1.29, 1.82) is 0 Å². The van der Waals surface area contributed by atoms with Crippen LogP contribution in [0.3, 0.4) is 0 Å². The van der Waals surface area contributed by atoms with Crippen LogP contribution in [-0.4, -0.2) is 104 Å². The van der Waals surface area contributed by atoms with Gasteiger partial charge >= 0.3 is 6.01 Å². The predicted molar refractivity (Wildman–Crippen MR) is 168 cm³/mol. The van der Waals surface area contributed by atoms with Crippen LogP contribution in [0.15, 0.2) is 49.1 Å². The summed E-state index contributed by atoms with van der Waals surface area (Å²) in [5.74, 6) is 0.666. The van der Waals surface area contributed by atoms with Crippen molar-refractivity contribution in [2.75, 3.05) is 69.8 Å². The number of piperazine rings is 1. The van der Waals surface area contributed by atoms with Gasteiger partial charge in [-0.25, -0.2) is 6.57 Å². The van der Waals surface area contributed by atoms with Crippen LogP contribution in [0.5, 0.6) is 6.01 Å². The molecule has 4 heterocycles. The number of carbonyl (C=O) groups is 1. The number of hydrogen-bond donors (Lipinski definition) is 0. The van der Waals surface area contributed by atoms with E-state index in [9.17, 15) is 4.79 Å². The van der Waals surface area contributed by atoms with E-state index in [4.69, 9.17) is 37.6 Å². The lowest BCUT2D eigenvalue weighted by Crippen LogP contribution is -2.56. The van der Waals surface area contributed by atoms with Crippen LogP contribution in [0.4, 0.5) is 11.5 Å². The van der Waals surface area contributed by atoms with Crippen molar-refractivity contribution in [2.24, 2.45) is 0 Å². The van der Waals surface area contributed by atoms with Crippen molar-refractivity contribution in [2.45, 2.75) is 31.2 Å². The van der Waals surface area contributed by atoms with E-state index in [0.29, 0.717) is 45.4 Å². The first kappa shape index (κ1) is 29.2. The SMILES string of the molecule is [C-]#[N+]C[C@H]1CN(c2nc(O[C@@H]3COC[C@@H]3N(C)C)nc3c2CCN(c2cccc4cccc(Cl)c24)C3)CCN1C(=O)C=C. The maximum Gasteiger partial charge on any atom is 0.319 e. The highest BCUT2D eigenvalue weighted by Gasteiger charge is 2.36. The Morgan fingerprint density at radius 3 is 2.77 bits per heavy atom. The summed E-state index contributed by atoms with van der Waals surface area (Å²) in [6.07, 6.45) is 1.86. The third kappa shape index (κ3) is 5.73. The Kier molecular flexibility index (Phi) is 8.39. The van der Waals surface area contributed by atoms with Crippen LogP contribution >= 0.6 is 11.6 Å². The maximum atomic E-state index is 12.6. The molecule has 0 unspecified atom stereocenters. The van der Waals surface area contributed by atoms with Gasteiger partial charge in [0.15, 0.2) is 0 Å². The molecule has 3 aliphatic rings. The zero-order chi connectivity index (χ0) is 30.1. The summed E-state index contributed by atoms with van der Waals surface area (Å²) in [4.78, 5) is 34.5. The third-order valence-corrected chi connectivity index (χ3v) is 8.97. The topological polar surface area (TPSA) is 78.6 Å². The first-order valence-electron chi connectivity index (χ1n) is 14.6. The molecule has 6 rings (SSSR count). The zero-order valence-corrected chi connectivity index (χ0v) is 25.3. The molecular weight excluding hydrogens is 566 g/mol. The van der Waals surface area contributed by atoms with E-state index in [1.165, 1.54) is 6.08 Å². The molecule has 0 spiro atoms. The van der Waals surface area contributed by atoms with Gasteiger partial charge in [-0.1, -0.05) is 42.4 Å². The van der Waals surface area contributed by atoms with Crippen LogP contribution in [0.25, 0.3) is 15.6 Å². The number of rotatable bonds is 7. The Hall–Kier alpha value is -3.91. The molecule has 2 saturated heterocycles. The minimum Gasteiger partial charge on any atom is -0.456 e. The van der Waals surface area contributed by atoms with Gasteiger partial charge in [0.2, 0.25) is 12.5 Å². The van der Waals surface area contributed by atoms with Gasteiger partial charge in [-0.2, -0.15) is 9.97 Å². The van der Waals surface area contributed by atoms with Gasteiger partial charge < -0.3 is 33.9 Å². The predicted octanol–water partition coefficient (Wildman–Crippen LogP) is 3.68. The van der Waals surface area contributed by atoms with Gasteiger partial charge in [-0.05, 0) is 44.1 Å². The molecule has 3 aliphatic heterocycles. The molecule has 2 aromatic carbocycles. The number of nitrogens with zero attached hydrogens (tertiary/aromatic N) is 7. The number of likely N-dealkylation sites (N-methyl/N-ethyl adjacent to an activating group) is 1. The van der Waals surface area contributed by atoms with E-state index in [1.807, 2.05) is 26.2 Å². The average Bonchev–Trinajstić information content (AvgIpc) is 3.48. The summed E-state index contributed by atoms with van der Waals surface area (Å²) in [7, 11) is 4.03. The number of halogens is 1. The number of carbonyl (C=O) groups excluding carboxylic acids is 1. The van der Waals surface area contributed by atoms with Crippen molar-refractivity contribution in [3.8, 4) is 6.01 Å². The summed E-state index contributed by atoms with van der Waals surface area (Å²) < 4.78 is 12.2. The van der Waals surface area contributed by atoms with Gasteiger partial charge in [-0.3, -0.25) is 4.79 Å². The summed E-state index contributed by atoms with van der Waals surface area (Å²) >= 11 is 6.70. The molecule has 3 aromatic rings. The third-order valence-electron chi connectivity index (χ3n) is 8.66. The van der Waals surface area contributed by atoms with Crippen molar-refractivity contribution in [1.82, 2.24) is 19.8 Å². The second-order valence-corrected chi connectivity index (χ2v) is 11.8. The second kappa shape index (κ2) is 12.4. The summed E-state index contributed by atoms with van der Waals surface area (Å²) in [5, 5.41) is 2.85. The van der Waals surface area contributed by atoms with Gasteiger partial charge in [0.25, 0.3) is 0 Å². The molecule has 0 aliphatic carbocycles. The van der Waals surface area contributed by atoms with Gasteiger partial charge in [0.05, 0.1) is 36.5 Å². The van der Waals surface area contributed by atoms with E-state index < -0.39 is 0 Å². The Bertz CT molecular complexity index is 1570. The Morgan fingerprint density at radius 2 is 2.00 bits per heavy atom. The van der Waals surface area contributed by atoms with Gasteiger partial charge in [0, 0.05) is 42.8 Å². The first-order valence-corrected chi connectivity index (χ1v) is 15.0. The molecule has 2 fully saturated rings. The lowest BCUT2D eigenvalue weighted by molar-refractivity contribution is -0.128. The molecule has 43 heavy (non-hydrogen) atoms.